The van der Waals surface area contributed by atoms with Crippen molar-refractivity contribution in [3.05, 3.63) is 35.4 Å². The Bertz CT molecular complexity index is 470. The van der Waals surface area contributed by atoms with Crippen LogP contribution in [-0.2, 0) is 11.2 Å². The summed E-state index contributed by atoms with van der Waals surface area (Å²) in [6, 6.07) is 7.62. The monoisotopic (exact) mass is 276 g/mol. The first-order chi connectivity index (χ1) is 9.10. The Morgan fingerprint density at radius 3 is 2.63 bits per heavy atom. The van der Waals surface area contributed by atoms with Gasteiger partial charge in [0.2, 0.25) is 5.91 Å². The molecule has 0 aromatic heterocycles. The first-order valence-corrected chi connectivity index (χ1v) is 7.17. The van der Waals surface area contributed by atoms with Crippen molar-refractivity contribution < 1.29 is 4.79 Å². The second-order valence-electron chi connectivity index (χ2n) is 5.14. The summed E-state index contributed by atoms with van der Waals surface area (Å²) in [6.07, 6.45) is 2.77. The van der Waals surface area contributed by atoms with E-state index in [1.165, 1.54) is 0 Å². The topological polar surface area (TPSA) is 46.3 Å². The smallest absolute Gasteiger partial charge is 0.226 e. The minimum atomic E-state index is 0.221. The van der Waals surface area contributed by atoms with Crippen molar-refractivity contribution in [2.75, 3.05) is 13.1 Å². The van der Waals surface area contributed by atoms with E-state index in [9.17, 15) is 4.79 Å². The van der Waals surface area contributed by atoms with Gasteiger partial charge in [0.25, 0.3) is 0 Å². The standard InChI is InChI=1S/C15H20N2OS/c1-2-11-7-8-17(10-11)14(18)9-12-3-5-13(6-4-12)15(16)19/h3-6,11H,2,7-10H2,1H3,(H2,16,19). The Balaban J connectivity index is 1.94. The fourth-order valence-corrected chi connectivity index (χ4v) is 2.60. The van der Waals surface area contributed by atoms with Gasteiger partial charge < -0.3 is 10.6 Å². The number of nitrogens with zero attached hydrogens (tertiary/aromatic N) is 1. The number of carbonyl (C=O) groups is 1. The number of rotatable bonds is 4. The van der Waals surface area contributed by atoms with Crippen molar-refractivity contribution in [1.82, 2.24) is 4.90 Å². The quantitative estimate of drug-likeness (QED) is 0.857. The van der Waals surface area contributed by atoms with Crippen LogP contribution in [0, 0.1) is 5.92 Å². The van der Waals surface area contributed by atoms with Crippen molar-refractivity contribution >= 4 is 23.1 Å². The fourth-order valence-electron chi connectivity index (χ4n) is 2.47. The maximum absolute atomic E-state index is 12.2. The Morgan fingerprint density at radius 1 is 1.42 bits per heavy atom. The van der Waals surface area contributed by atoms with Crippen molar-refractivity contribution in [2.24, 2.45) is 11.7 Å². The normalized spacial score (nSPS) is 18.6. The molecule has 1 aromatic rings. The number of benzene rings is 1. The van der Waals surface area contributed by atoms with E-state index in [-0.39, 0.29) is 5.91 Å². The molecule has 1 unspecified atom stereocenters. The van der Waals surface area contributed by atoms with E-state index in [1.807, 2.05) is 29.2 Å². The summed E-state index contributed by atoms with van der Waals surface area (Å²) in [6.45, 7) is 4.01. The lowest BCUT2D eigenvalue weighted by molar-refractivity contribution is -0.129. The van der Waals surface area contributed by atoms with E-state index in [1.54, 1.807) is 0 Å². The highest BCUT2D eigenvalue weighted by atomic mass is 32.1. The van der Waals surface area contributed by atoms with E-state index in [0.29, 0.717) is 17.3 Å². The van der Waals surface area contributed by atoms with Crippen LogP contribution in [0.5, 0.6) is 0 Å². The third-order valence-corrected chi connectivity index (χ3v) is 4.05. The number of nitrogens with two attached hydrogens (primary N) is 1. The average Bonchev–Trinajstić information content (AvgIpc) is 2.88. The molecule has 1 aliphatic heterocycles. The first kappa shape index (κ1) is 14.0. The van der Waals surface area contributed by atoms with Gasteiger partial charge in [-0.2, -0.15) is 0 Å². The van der Waals surface area contributed by atoms with Crippen molar-refractivity contribution in [3.8, 4) is 0 Å². The lowest BCUT2D eigenvalue weighted by Gasteiger charge is -2.16. The molecule has 4 heteroatoms. The SMILES string of the molecule is CCC1CCN(C(=O)Cc2ccc(C(N)=S)cc2)C1. The Morgan fingerprint density at radius 2 is 2.11 bits per heavy atom. The number of hydrogen-bond acceptors (Lipinski definition) is 2. The fraction of sp³-hybridized carbons (Fsp3) is 0.467. The second-order valence-corrected chi connectivity index (χ2v) is 5.58. The number of likely N-dealkylation sites (tertiary alicyclic amines) is 1. The molecule has 0 spiro atoms. The maximum Gasteiger partial charge on any atom is 0.226 e. The highest BCUT2D eigenvalue weighted by molar-refractivity contribution is 7.80. The molecule has 19 heavy (non-hydrogen) atoms. The highest BCUT2D eigenvalue weighted by Gasteiger charge is 2.24. The van der Waals surface area contributed by atoms with Crippen LogP contribution in [-0.4, -0.2) is 28.9 Å². The van der Waals surface area contributed by atoms with Crippen LogP contribution in [0.1, 0.15) is 30.9 Å². The molecule has 0 radical (unpaired) electrons. The molecule has 1 saturated heterocycles. The summed E-state index contributed by atoms with van der Waals surface area (Å²) in [5, 5.41) is 0. The molecule has 3 nitrogen and oxygen atoms in total. The zero-order chi connectivity index (χ0) is 13.8. The summed E-state index contributed by atoms with van der Waals surface area (Å²) >= 11 is 4.91. The number of thiocarbonyl (C=S) groups is 1. The van der Waals surface area contributed by atoms with Crippen LogP contribution in [0.4, 0.5) is 0 Å². The largest absolute Gasteiger partial charge is 0.389 e. The predicted molar refractivity (Wildman–Crippen MR) is 81.0 cm³/mol. The van der Waals surface area contributed by atoms with E-state index >= 15 is 0 Å². The lowest BCUT2D eigenvalue weighted by atomic mass is 10.1. The van der Waals surface area contributed by atoms with Crippen molar-refractivity contribution in [1.29, 1.82) is 0 Å². The minimum absolute atomic E-state index is 0.221. The minimum Gasteiger partial charge on any atom is -0.389 e. The van der Waals surface area contributed by atoms with Crippen LogP contribution < -0.4 is 5.73 Å². The van der Waals surface area contributed by atoms with Gasteiger partial charge >= 0.3 is 0 Å². The highest BCUT2D eigenvalue weighted by Crippen LogP contribution is 2.20. The molecule has 1 amide bonds. The van der Waals surface area contributed by atoms with Gasteiger partial charge in [-0.15, -0.1) is 0 Å². The van der Waals surface area contributed by atoms with Crippen LogP contribution in [0.15, 0.2) is 24.3 Å². The van der Waals surface area contributed by atoms with Gasteiger partial charge in [0.1, 0.15) is 4.99 Å². The molecule has 1 fully saturated rings. The molecule has 102 valence electrons. The Kier molecular flexibility index (Phi) is 4.53. The molecule has 1 aliphatic rings. The predicted octanol–water partition coefficient (Wildman–Crippen LogP) is 2.12. The maximum atomic E-state index is 12.2. The van der Waals surface area contributed by atoms with Crippen molar-refractivity contribution in [3.63, 3.8) is 0 Å². The number of amides is 1. The van der Waals surface area contributed by atoms with Gasteiger partial charge in [-0.05, 0) is 17.9 Å². The summed E-state index contributed by atoms with van der Waals surface area (Å²) in [4.78, 5) is 14.5. The average molecular weight is 276 g/mol. The zero-order valence-corrected chi connectivity index (χ0v) is 12.1. The molecular weight excluding hydrogens is 256 g/mol. The van der Waals surface area contributed by atoms with Gasteiger partial charge in [-0.3, -0.25) is 4.79 Å². The van der Waals surface area contributed by atoms with Crippen LogP contribution in [0.25, 0.3) is 0 Å². The molecule has 1 aromatic carbocycles. The molecule has 1 atom stereocenters. The number of hydrogen-bond donors (Lipinski definition) is 1. The molecule has 0 bridgehead atoms. The molecule has 2 N–H and O–H groups in total. The van der Waals surface area contributed by atoms with Gasteiger partial charge in [0.05, 0.1) is 6.42 Å². The van der Waals surface area contributed by atoms with Gasteiger partial charge in [0.15, 0.2) is 0 Å². The molecule has 2 rings (SSSR count). The third kappa shape index (κ3) is 3.53. The molecule has 1 heterocycles. The Hall–Kier alpha value is -1.42. The van der Waals surface area contributed by atoms with E-state index in [2.05, 4.69) is 6.92 Å². The van der Waals surface area contributed by atoms with Gasteiger partial charge in [0, 0.05) is 18.7 Å². The summed E-state index contributed by atoms with van der Waals surface area (Å²) in [5.74, 6) is 0.903. The van der Waals surface area contributed by atoms with Crippen LogP contribution in [0.3, 0.4) is 0 Å². The third-order valence-electron chi connectivity index (χ3n) is 3.81. The number of carbonyl (C=O) groups excluding carboxylic acids is 1. The van der Waals surface area contributed by atoms with Crippen LogP contribution in [0.2, 0.25) is 0 Å². The summed E-state index contributed by atoms with van der Waals surface area (Å²) in [5.41, 5.74) is 7.42. The lowest BCUT2D eigenvalue weighted by Crippen LogP contribution is -2.30. The summed E-state index contributed by atoms with van der Waals surface area (Å²) < 4.78 is 0. The molecule has 0 aliphatic carbocycles. The van der Waals surface area contributed by atoms with Crippen molar-refractivity contribution in [2.45, 2.75) is 26.2 Å². The van der Waals surface area contributed by atoms with Crippen LogP contribution >= 0.6 is 12.2 Å². The van der Waals surface area contributed by atoms with Gasteiger partial charge in [-0.1, -0.05) is 49.8 Å². The zero-order valence-electron chi connectivity index (χ0n) is 11.3. The summed E-state index contributed by atoms with van der Waals surface area (Å²) in [7, 11) is 0. The van der Waals surface area contributed by atoms with Gasteiger partial charge in [-0.25, -0.2) is 0 Å². The Labute approximate surface area is 119 Å². The van der Waals surface area contributed by atoms with E-state index in [0.717, 1.165) is 37.1 Å². The van der Waals surface area contributed by atoms with E-state index < -0.39 is 0 Å². The molecular formula is C15H20N2OS. The van der Waals surface area contributed by atoms with E-state index in [4.69, 9.17) is 18.0 Å². The molecule has 0 saturated carbocycles. The second kappa shape index (κ2) is 6.15. The first-order valence-electron chi connectivity index (χ1n) is 6.76.